The summed E-state index contributed by atoms with van der Waals surface area (Å²) in [6.07, 6.45) is 2.20. The first-order chi connectivity index (χ1) is 13.5. The van der Waals surface area contributed by atoms with Crippen molar-refractivity contribution in [3.05, 3.63) is 51.8 Å². The molecule has 0 radical (unpaired) electrons. The molecule has 1 amide bonds. The highest BCUT2D eigenvalue weighted by Gasteiger charge is 2.36. The average molecular weight is 478 g/mol. The summed E-state index contributed by atoms with van der Waals surface area (Å²) in [5.41, 5.74) is 0.304. The highest BCUT2D eigenvalue weighted by Crippen LogP contribution is 2.26. The summed E-state index contributed by atoms with van der Waals surface area (Å²) in [5, 5.41) is -0.258. The maximum atomic E-state index is 13.3. The highest BCUT2D eigenvalue weighted by molar-refractivity contribution is 7.91. The Morgan fingerprint density at radius 3 is 2.52 bits per heavy atom. The van der Waals surface area contributed by atoms with Gasteiger partial charge in [0.2, 0.25) is 15.0 Å². The van der Waals surface area contributed by atoms with Crippen molar-refractivity contribution < 1.29 is 21.6 Å². The second-order valence-electron chi connectivity index (χ2n) is 6.70. The fourth-order valence-electron chi connectivity index (χ4n) is 3.01. The van der Waals surface area contributed by atoms with Gasteiger partial charge in [0, 0.05) is 23.9 Å². The average Bonchev–Trinajstić information content (AvgIpc) is 2.99. The van der Waals surface area contributed by atoms with Gasteiger partial charge in [0.1, 0.15) is 0 Å². The van der Waals surface area contributed by atoms with Gasteiger partial charge in [-0.2, -0.15) is 0 Å². The Hall–Kier alpha value is -1.75. The molecule has 1 aromatic carbocycles. The summed E-state index contributed by atoms with van der Waals surface area (Å²) in [6, 6.07) is 6.24. The molecule has 156 valence electrons. The first-order valence-corrected chi connectivity index (χ1v) is 12.9. The predicted octanol–water partition coefficient (Wildman–Crippen LogP) is 2.02. The molecule has 8 nitrogen and oxygen atoms in total. The standard InChI is InChI=1S/C17H17Cl2N3O5S2/c1-28(24,25)17-20-8-14(19)15(21-17)16(23)22(12-6-7-29(26,27)10-12)9-11-4-2-3-5-13(11)18/h2-5,8,12H,6-7,9-10H2,1H3. The van der Waals surface area contributed by atoms with Crippen LogP contribution < -0.4 is 0 Å². The number of sulfone groups is 2. The molecular weight excluding hydrogens is 461 g/mol. The van der Waals surface area contributed by atoms with Crippen LogP contribution in [0.25, 0.3) is 0 Å². The minimum absolute atomic E-state index is 0.0211. The number of aromatic nitrogens is 2. The third-order valence-corrected chi connectivity index (χ3v) is 7.72. The molecule has 3 rings (SSSR count). The van der Waals surface area contributed by atoms with Crippen LogP contribution in [-0.4, -0.2) is 61.4 Å². The Morgan fingerprint density at radius 1 is 1.24 bits per heavy atom. The van der Waals surface area contributed by atoms with Crippen LogP contribution in [0.3, 0.4) is 0 Å². The Balaban J connectivity index is 2.04. The Labute approximate surface area is 178 Å². The molecule has 1 aliphatic heterocycles. The van der Waals surface area contributed by atoms with Gasteiger partial charge in [0.05, 0.1) is 22.7 Å². The van der Waals surface area contributed by atoms with Crippen LogP contribution in [0.5, 0.6) is 0 Å². The number of rotatable bonds is 5. The topological polar surface area (TPSA) is 114 Å². The van der Waals surface area contributed by atoms with Crippen LogP contribution in [-0.2, 0) is 26.2 Å². The number of amides is 1. The molecule has 1 unspecified atom stereocenters. The molecule has 1 saturated heterocycles. The van der Waals surface area contributed by atoms with E-state index in [0.29, 0.717) is 10.6 Å². The van der Waals surface area contributed by atoms with Crippen molar-refractivity contribution in [1.29, 1.82) is 0 Å². The van der Waals surface area contributed by atoms with Crippen molar-refractivity contribution in [3.8, 4) is 0 Å². The van der Waals surface area contributed by atoms with Crippen LogP contribution in [0, 0.1) is 0 Å². The van der Waals surface area contributed by atoms with E-state index in [4.69, 9.17) is 23.2 Å². The van der Waals surface area contributed by atoms with Gasteiger partial charge in [-0.15, -0.1) is 0 Å². The fourth-order valence-corrected chi connectivity index (χ4v) is 5.61. The van der Waals surface area contributed by atoms with Crippen molar-refractivity contribution in [1.82, 2.24) is 14.9 Å². The lowest BCUT2D eigenvalue weighted by Crippen LogP contribution is -2.41. The Morgan fingerprint density at radius 2 is 1.93 bits per heavy atom. The zero-order valence-electron chi connectivity index (χ0n) is 15.2. The SMILES string of the molecule is CS(=O)(=O)c1ncc(Cl)c(C(=O)N(Cc2ccccc2Cl)C2CCS(=O)(=O)C2)n1. The Bertz CT molecular complexity index is 1170. The summed E-state index contributed by atoms with van der Waals surface area (Å²) < 4.78 is 47.5. The van der Waals surface area contributed by atoms with Gasteiger partial charge in [-0.25, -0.2) is 26.8 Å². The molecule has 0 spiro atoms. The number of hydrogen-bond donors (Lipinski definition) is 0. The molecule has 1 atom stereocenters. The van der Waals surface area contributed by atoms with Gasteiger partial charge in [0.25, 0.3) is 5.91 Å². The van der Waals surface area contributed by atoms with Crippen LogP contribution >= 0.6 is 23.2 Å². The number of benzene rings is 1. The van der Waals surface area contributed by atoms with Gasteiger partial charge in [-0.3, -0.25) is 4.79 Å². The van der Waals surface area contributed by atoms with Gasteiger partial charge in [0.15, 0.2) is 15.5 Å². The molecule has 1 aromatic heterocycles. The molecule has 0 saturated carbocycles. The number of nitrogens with zero attached hydrogens (tertiary/aromatic N) is 3. The van der Waals surface area contributed by atoms with Crippen molar-refractivity contribution in [3.63, 3.8) is 0 Å². The van der Waals surface area contributed by atoms with Crippen molar-refractivity contribution in [2.75, 3.05) is 17.8 Å². The van der Waals surface area contributed by atoms with E-state index < -0.39 is 36.8 Å². The van der Waals surface area contributed by atoms with Crippen molar-refractivity contribution in [2.45, 2.75) is 24.2 Å². The lowest BCUT2D eigenvalue weighted by Gasteiger charge is -2.28. The van der Waals surface area contributed by atoms with E-state index in [1.165, 1.54) is 4.90 Å². The molecule has 0 aliphatic carbocycles. The number of halogens is 2. The third kappa shape index (κ3) is 5.06. The second-order valence-corrected chi connectivity index (χ2v) is 11.7. The largest absolute Gasteiger partial charge is 0.329 e. The minimum atomic E-state index is -3.77. The molecule has 0 bridgehead atoms. The second kappa shape index (κ2) is 8.17. The first kappa shape index (κ1) is 21.9. The highest BCUT2D eigenvalue weighted by atomic mass is 35.5. The molecule has 29 heavy (non-hydrogen) atoms. The van der Waals surface area contributed by atoms with Crippen molar-refractivity contribution >= 4 is 48.8 Å². The summed E-state index contributed by atoms with van der Waals surface area (Å²) in [7, 11) is -7.06. The van der Waals surface area contributed by atoms with Crippen LogP contribution in [0.2, 0.25) is 10.0 Å². The third-order valence-electron chi connectivity index (χ3n) is 4.46. The summed E-state index contributed by atoms with van der Waals surface area (Å²) >= 11 is 12.3. The summed E-state index contributed by atoms with van der Waals surface area (Å²) in [4.78, 5) is 22.1. The molecule has 1 aliphatic rings. The molecular formula is C17H17Cl2N3O5S2. The number of carbonyl (C=O) groups is 1. The maximum absolute atomic E-state index is 13.3. The van der Waals surface area contributed by atoms with Gasteiger partial charge in [-0.05, 0) is 18.1 Å². The predicted molar refractivity (Wildman–Crippen MR) is 109 cm³/mol. The van der Waals surface area contributed by atoms with E-state index in [0.717, 1.165) is 12.5 Å². The Kier molecular flexibility index (Phi) is 6.19. The van der Waals surface area contributed by atoms with Gasteiger partial charge >= 0.3 is 0 Å². The van der Waals surface area contributed by atoms with E-state index in [-0.39, 0.29) is 35.2 Å². The zero-order chi connectivity index (χ0) is 21.4. The first-order valence-electron chi connectivity index (χ1n) is 8.45. The number of hydrogen-bond acceptors (Lipinski definition) is 7. The normalized spacial score (nSPS) is 18.5. The van der Waals surface area contributed by atoms with E-state index in [9.17, 15) is 21.6 Å². The zero-order valence-corrected chi connectivity index (χ0v) is 18.4. The van der Waals surface area contributed by atoms with Crippen molar-refractivity contribution in [2.24, 2.45) is 0 Å². The van der Waals surface area contributed by atoms with E-state index in [1.54, 1.807) is 24.3 Å². The molecule has 2 heterocycles. The molecule has 1 fully saturated rings. The fraction of sp³-hybridized carbons (Fsp3) is 0.353. The molecule has 0 N–H and O–H groups in total. The quantitative estimate of drug-likeness (QED) is 0.604. The van der Waals surface area contributed by atoms with Crippen LogP contribution in [0.4, 0.5) is 0 Å². The molecule has 12 heteroatoms. The lowest BCUT2D eigenvalue weighted by atomic mass is 10.1. The minimum Gasteiger partial charge on any atom is -0.329 e. The van der Waals surface area contributed by atoms with E-state index in [2.05, 4.69) is 9.97 Å². The van der Waals surface area contributed by atoms with Gasteiger partial charge in [-0.1, -0.05) is 41.4 Å². The van der Waals surface area contributed by atoms with Gasteiger partial charge < -0.3 is 4.90 Å². The summed E-state index contributed by atoms with van der Waals surface area (Å²) in [5.74, 6) is -0.940. The maximum Gasteiger partial charge on any atom is 0.274 e. The van der Waals surface area contributed by atoms with E-state index >= 15 is 0 Å². The van der Waals surface area contributed by atoms with Crippen LogP contribution in [0.15, 0.2) is 35.6 Å². The number of carbonyl (C=O) groups excluding carboxylic acids is 1. The summed E-state index contributed by atoms with van der Waals surface area (Å²) in [6.45, 7) is 0.0211. The monoisotopic (exact) mass is 477 g/mol. The van der Waals surface area contributed by atoms with Crippen LogP contribution in [0.1, 0.15) is 22.5 Å². The smallest absolute Gasteiger partial charge is 0.274 e. The van der Waals surface area contributed by atoms with E-state index in [1.807, 2.05) is 0 Å². The lowest BCUT2D eigenvalue weighted by molar-refractivity contribution is 0.0674. The molecule has 2 aromatic rings.